The van der Waals surface area contributed by atoms with Crippen molar-refractivity contribution in [3.63, 3.8) is 0 Å². The van der Waals surface area contributed by atoms with Crippen LogP contribution in [0.2, 0.25) is 0 Å². The molecule has 2 aromatic rings. The predicted molar refractivity (Wildman–Crippen MR) is 106 cm³/mol. The number of ether oxygens (including phenoxy) is 1. The SMILES string of the molecule is Cc1cccc(CN2CCN(C(=O)NCc3ccnc(OCC(F)(F)F)c3)CC2)c1. The summed E-state index contributed by atoms with van der Waals surface area (Å²) in [5.74, 6) is -0.121. The van der Waals surface area contributed by atoms with Crippen molar-refractivity contribution in [2.45, 2.75) is 26.2 Å². The smallest absolute Gasteiger partial charge is 0.422 e. The van der Waals surface area contributed by atoms with E-state index in [0.717, 1.165) is 19.6 Å². The number of benzene rings is 1. The highest BCUT2D eigenvalue weighted by Crippen LogP contribution is 2.17. The maximum absolute atomic E-state index is 12.4. The van der Waals surface area contributed by atoms with Crippen LogP contribution in [-0.2, 0) is 13.1 Å². The molecule has 0 saturated carbocycles. The number of aromatic nitrogens is 1. The van der Waals surface area contributed by atoms with E-state index >= 15 is 0 Å². The van der Waals surface area contributed by atoms with Crippen molar-refractivity contribution < 1.29 is 22.7 Å². The zero-order chi connectivity index (χ0) is 21.6. The fraction of sp³-hybridized carbons (Fsp3) is 0.429. The minimum atomic E-state index is -4.42. The first-order chi connectivity index (χ1) is 14.3. The molecule has 162 valence electrons. The first kappa shape index (κ1) is 21.9. The van der Waals surface area contributed by atoms with Crippen molar-refractivity contribution in [1.82, 2.24) is 20.1 Å². The third-order valence-corrected chi connectivity index (χ3v) is 4.77. The maximum Gasteiger partial charge on any atom is 0.422 e. The highest BCUT2D eigenvalue weighted by Gasteiger charge is 2.28. The molecule has 0 atom stereocenters. The highest BCUT2D eigenvalue weighted by atomic mass is 19.4. The van der Waals surface area contributed by atoms with Crippen molar-refractivity contribution in [1.29, 1.82) is 0 Å². The number of halogens is 3. The monoisotopic (exact) mass is 422 g/mol. The largest absolute Gasteiger partial charge is 0.468 e. The van der Waals surface area contributed by atoms with Crippen LogP contribution < -0.4 is 10.1 Å². The summed E-state index contributed by atoms with van der Waals surface area (Å²) in [6.07, 6.45) is -3.06. The first-order valence-corrected chi connectivity index (χ1v) is 9.74. The van der Waals surface area contributed by atoms with E-state index in [1.807, 2.05) is 6.07 Å². The summed E-state index contributed by atoms with van der Waals surface area (Å²) >= 11 is 0. The van der Waals surface area contributed by atoms with Gasteiger partial charge in [0.1, 0.15) is 0 Å². The number of piperazine rings is 1. The van der Waals surface area contributed by atoms with Crippen LogP contribution in [-0.4, -0.2) is 59.8 Å². The van der Waals surface area contributed by atoms with Gasteiger partial charge in [0.05, 0.1) is 0 Å². The van der Waals surface area contributed by atoms with Crippen LogP contribution in [0.15, 0.2) is 42.6 Å². The van der Waals surface area contributed by atoms with Crippen molar-refractivity contribution in [3.05, 3.63) is 59.3 Å². The number of urea groups is 1. The number of hydrogen-bond donors (Lipinski definition) is 1. The van der Waals surface area contributed by atoms with Crippen LogP contribution in [0.5, 0.6) is 5.88 Å². The first-order valence-electron chi connectivity index (χ1n) is 9.74. The number of nitrogens with zero attached hydrogens (tertiary/aromatic N) is 3. The molecule has 1 aliphatic heterocycles. The molecule has 0 spiro atoms. The lowest BCUT2D eigenvalue weighted by molar-refractivity contribution is -0.154. The zero-order valence-electron chi connectivity index (χ0n) is 16.8. The summed E-state index contributed by atoms with van der Waals surface area (Å²) in [5.41, 5.74) is 3.11. The van der Waals surface area contributed by atoms with Crippen molar-refractivity contribution >= 4 is 6.03 Å². The fourth-order valence-corrected chi connectivity index (χ4v) is 3.26. The van der Waals surface area contributed by atoms with E-state index in [4.69, 9.17) is 0 Å². The van der Waals surface area contributed by atoms with Gasteiger partial charge in [0.15, 0.2) is 6.61 Å². The van der Waals surface area contributed by atoms with Gasteiger partial charge in [0.2, 0.25) is 5.88 Å². The molecule has 30 heavy (non-hydrogen) atoms. The van der Waals surface area contributed by atoms with Crippen LogP contribution in [0.1, 0.15) is 16.7 Å². The molecule has 2 heterocycles. The van der Waals surface area contributed by atoms with Crippen LogP contribution in [0, 0.1) is 6.92 Å². The average Bonchev–Trinajstić information content (AvgIpc) is 2.71. The van der Waals surface area contributed by atoms with Gasteiger partial charge >= 0.3 is 12.2 Å². The Kier molecular flexibility index (Phi) is 7.15. The lowest BCUT2D eigenvalue weighted by Gasteiger charge is -2.34. The standard InChI is InChI=1S/C21H25F3N4O2/c1-16-3-2-4-18(11-16)14-27-7-9-28(10-8-27)20(29)26-13-17-5-6-25-19(12-17)30-15-21(22,23)24/h2-6,11-12H,7-10,13-15H2,1H3,(H,26,29). The predicted octanol–water partition coefficient (Wildman–Crippen LogP) is 3.36. The van der Waals surface area contributed by atoms with Crippen molar-refractivity contribution in [3.8, 4) is 5.88 Å². The van der Waals surface area contributed by atoms with Crippen LogP contribution in [0.4, 0.5) is 18.0 Å². The van der Waals surface area contributed by atoms with Gasteiger partial charge in [-0.1, -0.05) is 29.8 Å². The van der Waals surface area contributed by atoms with E-state index in [9.17, 15) is 18.0 Å². The lowest BCUT2D eigenvalue weighted by Crippen LogP contribution is -2.51. The molecule has 0 bridgehead atoms. The molecule has 1 aromatic carbocycles. The third-order valence-electron chi connectivity index (χ3n) is 4.77. The normalized spacial score (nSPS) is 15.1. The number of carbonyl (C=O) groups is 1. The summed E-state index contributed by atoms with van der Waals surface area (Å²) in [7, 11) is 0. The summed E-state index contributed by atoms with van der Waals surface area (Å²) in [6.45, 7) is 4.52. The van der Waals surface area contributed by atoms with Gasteiger partial charge in [0.25, 0.3) is 0 Å². The van der Waals surface area contributed by atoms with Crippen molar-refractivity contribution in [2.24, 2.45) is 0 Å². The minimum Gasteiger partial charge on any atom is -0.468 e. The quantitative estimate of drug-likeness (QED) is 0.776. The Bertz CT molecular complexity index is 852. The van der Waals surface area contributed by atoms with Gasteiger partial charge in [-0.2, -0.15) is 13.2 Å². The molecule has 0 radical (unpaired) electrons. The molecule has 9 heteroatoms. The number of hydrogen-bond acceptors (Lipinski definition) is 4. The highest BCUT2D eigenvalue weighted by molar-refractivity contribution is 5.74. The number of carbonyl (C=O) groups excluding carboxylic acids is 1. The molecule has 1 N–H and O–H groups in total. The second-order valence-corrected chi connectivity index (χ2v) is 7.32. The number of nitrogens with one attached hydrogen (secondary N) is 1. The van der Waals surface area contributed by atoms with Gasteiger partial charge in [0, 0.05) is 51.5 Å². The Morgan fingerprint density at radius 1 is 1.13 bits per heavy atom. The van der Waals surface area contributed by atoms with E-state index < -0.39 is 12.8 Å². The van der Waals surface area contributed by atoms with E-state index in [1.54, 1.807) is 11.0 Å². The fourth-order valence-electron chi connectivity index (χ4n) is 3.26. The van der Waals surface area contributed by atoms with E-state index in [1.165, 1.54) is 23.4 Å². The molecule has 0 unspecified atom stereocenters. The van der Waals surface area contributed by atoms with Gasteiger partial charge < -0.3 is 15.0 Å². The number of rotatable bonds is 6. The minimum absolute atomic E-state index is 0.121. The molecule has 0 aliphatic carbocycles. The molecule has 3 rings (SSSR count). The van der Waals surface area contributed by atoms with E-state index in [2.05, 4.69) is 45.1 Å². The Balaban J connectivity index is 1.43. The van der Waals surface area contributed by atoms with Crippen LogP contribution >= 0.6 is 0 Å². The maximum atomic E-state index is 12.4. The molecule has 1 saturated heterocycles. The third kappa shape index (κ3) is 6.91. The average molecular weight is 422 g/mol. The van der Waals surface area contributed by atoms with Crippen LogP contribution in [0.3, 0.4) is 0 Å². The number of alkyl halides is 3. The summed E-state index contributed by atoms with van der Waals surface area (Å²) in [5, 5.41) is 2.80. The Morgan fingerprint density at radius 3 is 2.60 bits per heavy atom. The van der Waals surface area contributed by atoms with E-state index in [-0.39, 0.29) is 18.5 Å². The molecular weight excluding hydrogens is 397 g/mol. The number of pyridine rings is 1. The second kappa shape index (κ2) is 9.80. The lowest BCUT2D eigenvalue weighted by atomic mass is 10.1. The van der Waals surface area contributed by atoms with E-state index in [0.29, 0.717) is 18.7 Å². The Labute approximate surface area is 173 Å². The van der Waals surface area contributed by atoms with Gasteiger partial charge in [-0.05, 0) is 24.1 Å². The van der Waals surface area contributed by atoms with Crippen molar-refractivity contribution in [2.75, 3.05) is 32.8 Å². The summed E-state index contributed by atoms with van der Waals surface area (Å²) < 4.78 is 41.4. The molecule has 1 aliphatic rings. The Hall–Kier alpha value is -2.81. The Morgan fingerprint density at radius 2 is 1.90 bits per heavy atom. The van der Waals surface area contributed by atoms with Crippen LogP contribution in [0.25, 0.3) is 0 Å². The second-order valence-electron chi connectivity index (χ2n) is 7.32. The van der Waals surface area contributed by atoms with Gasteiger partial charge in [-0.25, -0.2) is 9.78 Å². The molecule has 1 fully saturated rings. The van der Waals surface area contributed by atoms with Gasteiger partial charge in [-0.15, -0.1) is 0 Å². The van der Waals surface area contributed by atoms with Gasteiger partial charge in [-0.3, -0.25) is 4.90 Å². The summed E-state index contributed by atoms with van der Waals surface area (Å²) in [4.78, 5) is 20.2. The molecule has 2 amide bonds. The topological polar surface area (TPSA) is 57.7 Å². The molecule has 6 nitrogen and oxygen atoms in total. The zero-order valence-corrected chi connectivity index (χ0v) is 16.8. The molecule has 1 aromatic heterocycles. The molecular formula is C21H25F3N4O2. The number of amides is 2. The number of aryl methyl sites for hydroxylation is 1. The summed E-state index contributed by atoms with van der Waals surface area (Å²) in [6, 6.07) is 11.2.